The summed E-state index contributed by atoms with van der Waals surface area (Å²) in [4.78, 5) is 0. The highest BCUT2D eigenvalue weighted by Crippen LogP contribution is 2.33. The fourth-order valence-electron chi connectivity index (χ4n) is 3.03. The quantitative estimate of drug-likeness (QED) is 0.844. The molecule has 0 aliphatic heterocycles. The van der Waals surface area contributed by atoms with Gasteiger partial charge < -0.3 is 9.73 Å². The van der Waals surface area contributed by atoms with Crippen molar-refractivity contribution >= 4 is 0 Å². The van der Waals surface area contributed by atoms with Gasteiger partial charge in [-0.2, -0.15) is 0 Å². The summed E-state index contributed by atoms with van der Waals surface area (Å²) in [6.07, 6.45) is 2.91. The Kier molecular flexibility index (Phi) is 4.89. The molecule has 0 fully saturated rings. The highest BCUT2D eigenvalue weighted by Gasteiger charge is 2.22. The van der Waals surface area contributed by atoms with Crippen molar-refractivity contribution in [2.75, 3.05) is 6.54 Å². The van der Waals surface area contributed by atoms with E-state index < -0.39 is 0 Å². The minimum Gasteiger partial charge on any atom is -0.469 e. The lowest BCUT2D eigenvalue weighted by molar-refractivity contribution is 0.516. The van der Waals surface area contributed by atoms with Crippen LogP contribution < -0.4 is 5.32 Å². The molecular weight excluding hydrogens is 258 g/mol. The SMILES string of the molecule is CCCNC(c1ccoc1C)c1c(C)c(C)cc(C)c1C. The number of furan rings is 1. The maximum atomic E-state index is 5.55. The van der Waals surface area contributed by atoms with Crippen LogP contribution >= 0.6 is 0 Å². The molecule has 2 heteroatoms. The zero-order valence-electron chi connectivity index (χ0n) is 14.1. The van der Waals surface area contributed by atoms with E-state index >= 15 is 0 Å². The van der Waals surface area contributed by atoms with Gasteiger partial charge in [0, 0.05) is 5.56 Å². The summed E-state index contributed by atoms with van der Waals surface area (Å²) >= 11 is 0. The minimum absolute atomic E-state index is 0.210. The second-order valence-corrected chi connectivity index (χ2v) is 5.99. The van der Waals surface area contributed by atoms with Crippen LogP contribution in [0.3, 0.4) is 0 Å². The topological polar surface area (TPSA) is 25.2 Å². The van der Waals surface area contributed by atoms with Crippen molar-refractivity contribution in [3.8, 4) is 0 Å². The molecule has 2 aromatic rings. The van der Waals surface area contributed by atoms with Gasteiger partial charge in [0.2, 0.25) is 0 Å². The van der Waals surface area contributed by atoms with Gasteiger partial charge in [0.05, 0.1) is 12.3 Å². The van der Waals surface area contributed by atoms with Crippen molar-refractivity contribution in [1.29, 1.82) is 0 Å². The first-order valence-corrected chi connectivity index (χ1v) is 7.82. The van der Waals surface area contributed by atoms with Gasteiger partial charge in [0.1, 0.15) is 5.76 Å². The van der Waals surface area contributed by atoms with E-state index in [9.17, 15) is 0 Å². The van der Waals surface area contributed by atoms with Crippen LogP contribution in [0, 0.1) is 34.6 Å². The van der Waals surface area contributed by atoms with Crippen LogP contribution in [0.2, 0.25) is 0 Å². The van der Waals surface area contributed by atoms with Gasteiger partial charge in [0.25, 0.3) is 0 Å². The molecule has 1 N–H and O–H groups in total. The summed E-state index contributed by atoms with van der Waals surface area (Å²) in [5, 5.41) is 3.71. The Morgan fingerprint density at radius 2 is 1.67 bits per heavy atom. The van der Waals surface area contributed by atoms with Crippen molar-refractivity contribution in [3.05, 3.63) is 57.5 Å². The largest absolute Gasteiger partial charge is 0.469 e. The summed E-state index contributed by atoms with van der Waals surface area (Å²) in [7, 11) is 0. The van der Waals surface area contributed by atoms with E-state index in [1.165, 1.54) is 33.4 Å². The molecule has 0 bridgehead atoms. The average molecular weight is 285 g/mol. The third-order valence-corrected chi connectivity index (χ3v) is 4.52. The van der Waals surface area contributed by atoms with E-state index in [0.29, 0.717) is 0 Å². The van der Waals surface area contributed by atoms with Crippen LogP contribution in [-0.2, 0) is 0 Å². The van der Waals surface area contributed by atoms with Crippen LogP contribution in [0.4, 0.5) is 0 Å². The number of hydrogen-bond acceptors (Lipinski definition) is 2. The first-order chi connectivity index (χ1) is 9.97. The Balaban J connectivity index is 2.59. The van der Waals surface area contributed by atoms with Crippen molar-refractivity contribution in [2.24, 2.45) is 0 Å². The first-order valence-electron chi connectivity index (χ1n) is 7.82. The zero-order valence-corrected chi connectivity index (χ0v) is 14.1. The van der Waals surface area contributed by atoms with E-state index in [0.717, 1.165) is 18.7 Å². The molecule has 0 radical (unpaired) electrons. The fraction of sp³-hybridized carbons (Fsp3) is 0.474. The molecule has 0 aliphatic carbocycles. The van der Waals surface area contributed by atoms with Crippen LogP contribution in [0.1, 0.15) is 58.5 Å². The number of hydrogen-bond donors (Lipinski definition) is 1. The van der Waals surface area contributed by atoms with Gasteiger partial charge in [-0.1, -0.05) is 13.0 Å². The molecule has 0 spiro atoms. The van der Waals surface area contributed by atoms with Crippen molar-refractivity contribution < 1.29 is 4.42 Å². The van der Waals surface area contributed by atoms with E-state index in [1.807, 2.05) is 6.92 Å². The Morgan fingerprint density at radius 3 is 2.14 bits per heavy atom. The zero-order chi connectivity index (χ0) is 15.6. The fourth-order valence-corrected chi connectivity index (χ4v) is 3.03. The van der Waals surface area contributed by atoms with E-state index in [2.05, 4.69) is 52.1 Å². The Hall–Kier alpha value is -1.54. The average Bonchev–Trinajstić information content (AvgIpc) is 2.86. The molecule has 0 saturated heterocycles. The highest BCUT2D eigenvalue weighted by molar-refractivity contribution is 5.49. The van der Waals surface area contributed by atoms with Gasteiger partial charge in [0.15, 0.2) is 0 Å². The van der Waals surface area contributed by atoms with E-state index in [-0.39, 0.29) is 6.04 Å². The summed E-state index contributed by atoms with van der Waals surface area (Å²) < 4.78 is 5.55. The van der Waals surface area contributed by atoms with Gasteiger partial charge in [-0.3, -0.25) is 0 Å². The Morgan fingerprint density at radius 1 is 1.05 bits per heavy atom. The Bertz CT molecular complexity index is 598. The standard InChI is InChI=1S/C19H27NO/c1-7-9-20-19(17-8-10-21-16(17)6)18-14(4)12(2)11-13(3)15(18)5/h8,10-11,19-20H,7,9H2,1-6H3. The van der Waals surface area contributed by atoms with Crippen molar-refractivity contribution in [2.45, 2.75) is 54.0 Å². The lowest BCUT2D eigenvalue weighted by atomic mass is 9.87. The summed E-state index contributed by atoms with van der Waals surface area (Å²) in [5.41, 5.74) is 8.14. The third kappa shape index (κ3) is 3.06. The van der Waals surface area contributed by atoms with Crippen LogP contribution in [0.15, 0.2) is 22.8 Å². The molecule has 0 amide bonds. The van der Waals surface area contributed by atoms with Gasteiger partial charge in [-0.25, -0.2) is 0 Å². The molecule has 1 atom stereocenters. The molecule has 114 valence electrons. The molecule has 21 heavy (non-hydrogen) atoms. The Labute approximate surface area is 128 Å². The predicted molar refractivity (Wildman–Crippen MR) is 89.0 cm³/mol. The monoisotopic (exact) mass is 285 g/mol. The van der Waals surface area contributed by atoms with E-state index in [4.69, 9.17) is 4.42 Å². The summed E-state index contributed by atoms with van der Waals surface area (Å²) in [6, 6.07) is 4.59. The molecule has 1 aromatic carbocycles. The molecular formula is C19H27NO. The summed E-state index contributed by atoms with van der Waals surface area (Å²) in [5.74, 6) is 1.00. The molecule has 1 unspecified atom stereocenters. The van der Waals surface area contributed by atoms with E-state index in [1.54, 1.807) is 6.26 Å². The smallest absolute Gasteiger partial charge is 0.105 e. The molecule has 2 rings (SSSR count). The van der Waals surface area contributed by atoms with Crippen LogP contribution in [0.25, 0.3) is 0 Å². The minimum atomic E-state index is 0.210. The normalized spacial score (nSPS) is 12.7. The lowest BCUT2D eigenvalue weighted by Gasteiger charge is -2.25. The maximum Gasteiger partial charge on any atom is 0.105 e. The van der Waals surface area contributed by atoms with Crippen LogP contribution in [-0.4, -0.2) is 6.54 Å². The maximum absolute atomic E-state index is 5.55. The van der Waals surface area contributed by atoms with Gasteiger partial charge >= 0.3 is 0 Å². The molecule has 1 heterocycles. The molecule has 0 aliphatic rings. The predicted octanol–water partition coefficient (Wildman–Crippen LogP) is 4.91. The number of rotatable bonds is 5. The number of aryl methyl sites for hydroxylation is 3. The van der Waals surface area contributed by atoms with Gasteiger partial charge in [-0.15, -0.1) is 0 Å². The van der Waals surface area contributed by atoms with Crippen LogP contribution in [0.5, 0.6) is 0 Å². The lowest BCUT2D eigenvalue weighted by Crippen LogP contribution is -2.25. The second kappa shape index (κ2) is 6.48. The highest BCUT2D eigenvalue weighted by atomic mass is 16.3. The second-order valence-electron chi connectivity index (χ2n) is 5.99. The molecule has 1 aromatic heterocycles. The summed E-state index contributed by atoms with van der Waals surface area (Å²) in [6.45, 7) is 14.1. The van der Waals surface area contributed by atoms with Gasteiger partial charge in [-0.05, 0) is 81.5 Å². The molecule has 0 saturated carbocycles. The number of nitrogens with one attached hydrogen (secondary N) is 1. The third-order valence-electron chi connectivity index (χ3n) is 4.52. The molecule has 2 nitrogen and oxygen atoms in total. The van der Waals surface area contributed by atoms with Crippen molar-refractivity contribution in [1.82, 2.24) is 5.32 Å². The number of benzene rings is 1. The van der Waals surface area contributed by atoms with Crippen molar-refractivity contribution in [3.63, 3.8) is 0 Å². The first kappa shape index (κ1) is 15.8.